The molecule has 2 aromatic rings. The molecule has 27 heavy (non-hydrogen) atoms. The molecule has 5 heteroatoms. The van der Waals surface area contributed by atoms with Gasteiger partial charge >= 0.3 is 0 Å². The van der Waals surface area contributed by atoms with Crippen molar-refractivity contribution in [2.75, 3.05) is 0 Å². The van der Waals surface area contributed by atoms with Gasteiger partial charge in [-0.1, -0.05) is 55.7 Å². The summed E-state index contributed by atoms with van der Waals surface area (Å²) in [6, 6.07) is 17.4. The number of nitrogens with zero attached hydrogens (tertiary/aromatic N) is 2. The normalized spacial score (nSPS) is 16.4. The molecule has 4 nitrogen and oxygen atoms in total. The first-order chi connectivity index (χ1) is 13.2. The van der Waals surface area contributed by atoms with Crippen LogP contribution >= 0.6 is 15.9 Å². The van der Waals surface area contributed by atoms with Gasteiger partial charge in [0.25, 0.3) is 5.91 Å². The molecule has 1 fully saturated rings. The lowest BCUT2D eigenvalue weighted by Crippen LogP contribution is -2.35. The maximum atomic E-state index is 12.8. The number of carbonyl (C=O) groups excluding carboxylic acids is 1. The van der Waals surface area contributed by atoms with Crippen molar-refractivity contribution in [3.05, 3.63) is 70.0 Å². The number of carbonyl (C=O) groups is 1. The molecule has 0 spiro atoms. The molecular weight excluding hydrogens is 402 g/mol. The number of pyridine rings is 1. The Kier molecular flexibility index (Phi) is 6.78. The third kappa shape index (κ3) is 5.27. The largest absolute Gasteiger partial charge is 0.344 e. The van der Waals surface area contributed by atoms with Crippen LogP contribution in [0.25, 0.3) is 6.08 Å². The molecule has 0 saturated heterocycles. The number of hydrogen-bond acceptors (Lipinski definition) is 3. The first-order valence-electron chi connectivity index (χ1n) is 9.27. The maximum Gasteiger partial charge on any atom is 0.262 e. The highest BCUT2D eigenvalue weighted by Crippen LogP contribution is 2.34. The van der Waals surface area contributed by atoms with Crippen LogP contribution in [0.1, 0.15) is 49.4 Å². The predicted molar refractivity (Wildman–Crippen MR) is 109 cm³/mol. The van der Waals surface area contributed by atoms with Gasteiger partial charge in [0.1, 0.15) is 16.2 Å². The Bertz CT molecular complexity index is 851. The highest BCUT2D eigenvalue weighted by Gasteiger charge is 2.27. The molecule has 3 rings (SSSR count). The van der Waals surface area contributed by atoms with E-state index in [4.69, 9.17) is 0 Å². The molecule has 1 saturated carbocycles. The van der Waals surface area contributed by atoms with Gasteiger partial charge in [-0.25, -0.2) is 4.98 Å². The summed E-state index contributed by atoms with van der Waals surface area (Å²) >= 11 is 3.31. The van der Waals surface area contributed by atoms with Crippen LogP contribution in [0.3, 0.4) is 0 Å². The summed E-state index contributed by atoms with van der Waals surface area (Å²) in [5, 5.41) is 12.6. The fourth-order valence-corrected chi connectivity index (χ4v) is 3.98. The summed E-state index contributed by atoms with van der Waals surface area (Å²) in [5.74, 6) is 0.0488. The van der Waals surface area contributed by atoms with Gasteiger partial charge in [0.05, 0.1) is 11.7 Å². The number of nitrogens with one attached hydrogen (secondary N) is 1. The van der Waals surface area contributed by atoms with Crippen molar-refractivity contribution in [3.8, 4) is 6.07 Å². The van der Waals surface area contributed by atoms with Gasteiger partial charge in [0, 0.05) is 0 Å². The van der Waals surface area contributed by atoms with E-state index in [-0.39, 0.29) is 17.5 Å². The number of halogens is 1. The molecule has 138 valence electrons. The topological polar surface area (TPSA) is 65.8 Å². The van der Waals surface area contributed by atoms with Gasteiger partial charge in [-0.3, -0.25) is 4.79 Å². The zero-order chi connectivity index (χ0) is 19.1. The summed E-state index contributed by atoms with van der Waals surface area (Å²) in [6.07, 6.45) is 7.35. The lowest BCUT2D eigenvalue weighted by molar-refractivity contribution is -0.118. The first-order valence-corrected chi connectivity index (χ1v) is 10.1. The van der Waals surface area contributed by atoms with Crippen LogP contribution in [0.4, 0.5) is 0 Å². The van der Waals surface area contributed by atoms with E-state index < -0.39 is 0 Å². The van der Waals surface area contributed by atoms with Crippen molar-refractivity contribution in [1.82, 2.24) is 10.3 Å². The Balaban J connectivity index is 1.83. The molecule has 1 heterocycles. The smallest absolute Gasteiger partial charge is 0.262 e. The van der Waals surface area contributed by atoms with Crippen LogP contribution in [0.15, 0.2) is 58.7 Å². The fraction of sp³-hybridized carbons (Fsp3) is 0.318. The fourth-order valence-electron chi connectivity index (χ4n) is 3.62. The number of aromatic nitrogens is 1. The standard InChI is InChI=1S/C22H22BrN3O/c23-20-13-7-12-19(25-20)14-18(15-24)22(27)26-21(16-8-3-1-4-9-16)17-10-5-2-6-11-17/h1,3-4,7-9,12-14,17,21H,2,5-6,10-11H2,(H,26,27)/b18-14+. The SMILES string of the molecule is N#C/C(=C\c1cccc(Br)n1)C(=O)NC(c1ccccc1)C1CCCCC1. The van der Waals surface area contributed by atoms with Crippen molar-refractivity contribution in [2.24, 2.45) is 5.92 Å². The van der Waals surface area contributed by atoms with Crippen molar-refractivity contribution < 1.29 is 4.79 Å². The lowest BCUT2D eigenvalue weighted by atomic mass is 9.81. The molecule has 1 amide bonds. The van der Waals surface area contributed by atoms with Crippen molar-refractivity contribution in [2.45, 2.75) is 38.1 Å². The Morgan fingerprint density at radius 3 is 2.56 bits per heavy atom. The van der Waals surface area contributed by atoms with Crippen LogP contribution in [-0.2, 0) is 4.79 Å². The number of amides is 1. The molecular formula is C22H22BrN3O. The summed E-state index contributed by atoms with van der Waals surface area (Å²) in [5.41, 5.74) is 1.73. The minimum Gasteiger partial charge on any atom is -0.344 e. The predicted octanol–water partition coefficient (Wildman–Crippen LogP) is 5.19. The Morgan fingerprint density at radius 2 is 1.89 bits per heavy atom. The van der Waals surface area contributed by atoms with Gasteiger partial charge < -0.3 is 5.32 Å². The van der Waals surface area contributed by atoms with Gasteiger partial charge in [0.2, 0.25) is 0 Å². The number of rotatable bonds is 5. The highest BCUT2D eigenvalue weighted by atomic mass is 79.9. The minimum atomic E-state index is -0.348. The monoisotopic (exact) mass is 423 g/mol. The van der Waals surface area contributed by atoms with Crippen molar-refractivity contribution in [3.63, 3.8) is 0 Å². The van der Waals surface area contributed by atoms with Crippen LogP contribution < -0.4 is 5.32 Å². The lowest BCUT2D eigenvalue weighted by Gasteiger charge is -2.31. The van der Waals surface area contributed by atoms with Crippen LogP contribution in [0, 0.1) is 17.2 Å². The molecule has 0 aliphatic heterocycles. The molecule has 1 aliphatic rings. The van der Waals surface area contributed by atoms with E-state index in [1.54, 1.807) is 12.1 Å². The third-order valence-electron chi connectivity index (χ3n) is 4.96. The summed E-state index contributed by atoms with van der Waals surface area (Å²) in [4.78, 5) is 17.1. The molecule has 0 radical (unpaired) electrons. The van der Waals surface area contributed by atoms with E-state index in [0.29, 0.717) is 16.2 Å². The highest BCUT2D eigenvalue weighted by molar-refractivity contribution is 9.10. The Morgan fingerprint density at radius 1 is 1.15 bits per heavy atom. The Labute approximate surface area is 168 Å². The van der Waals surface area contributed by atoms with Crippen LogP contribution in [-0.4, -0.2) is 10.9 Å². The molecule has 1 aromatic heterocycles. The second-order valence-electron chi connectivity index (χ2n) is 6.81. The van der Waals surface area contributed by atoms with E-state index in [1.807, 2.05) is 42.5 Å². The van der Waals surface area contributed by atoms with E-state index in [2.05, 4.69) is 26.2 Å². The summed E-state index contributed by atoms with van der Waals surface area (Å²) < 4.78 is 0.665. The summed E-state index contributed by atoms with van der Waals surface area (Å²) in [7, 11) is 0. The van der Waals surface area contributed by atoms with Gasteiger partial charge in [0.15, 0.2) is 0 Å². The third-order valence-corrected chi connectivity index (χ3v) is 5.40. The minimum absolute atomic E-state index is 0.0670. The van der Waals surface area contributed by atoms with Crippen molar-refractivity contribution >= 4 is 27.9 Å². The first kappa shape index (κ1) is 19.3. The van der Waals surface area contributed by atoms with Gasteiger partial charge in [-0.15, -0.1) is 0 Å². The molecule has 1 aromatic carbocycles. The van der Waals surface area contributed by atoms with Gasteiger partial charge in [-0.2, -0.15) is 5.26 Å². The second-order valence-corrected chi connectivity index (χ2v) is 7.63. The Hall–Kier alpha value is -2.45. The zero-order valence-corrected chi connectivity index (χ0v) is 16.7. The molecule has 1 N–H and O–H groups in total. The second kappa shape index (κ2) is 9.48. The van der Waals surface area contributed by atoms with E-state index in [1.165, 1.54) is 25.3 Å². The van der Waals surface area contributed by atoms with Crippen LogP contribution in [0.5, 0.6) is 0 Å². The number of nitriles is 1. The average molecular weight is 424 g/mol. The molecule has 0 bridgehead atoms. The number of hydrogen-bond donors (Lipinski definition) is 1. The average Bonchev–Trinajstić information content (AvgIpc) is 2.71. The van der Waals surface area contributed by atoms with E-state index in [0.717, 1.165) is 18.4 Å². The maximum absolute atomic E-state index is 12.8. The van der Waals surface area contributed by atoms with E-state index >= 15 is 0 Å². The van der Waals surface area contributed by atoms with Crippen molar-refractivity contribution in [1.29, 1.82) is 5.26 Å². The molecule has 1 unspecified atom stereocenters. The van der Waals surface area contributed by atoms with Gasteiger partial charge in [-0.05, 0) is 58.5 Å². The summed E-state index contributed by atoms with van der Waals surface area (Å²) in [6.45, 7) is 0. The quantitative estimate of drug-likeness (QED) is 0.408. The van der Waals surface area contributed by atoms with Crippen LogP contribution in [0.2, 0.25) is 0 Å². The van der Waals surface area contributed by atoms with E-state index in [9.17, 15) is 10.1 Å². The zero-order valence-electron chi connectivity index (χ0n) is 15.1. The number of benzene rings is 1. The molecule has 1 atom stereocenters. The molecule has 1 aliphatic carbocycles.